The molecule has 0 aliphatic rings. The summed E-state index contributed by atoms with van der Waals surface area (Å²) in [5, 5.41) is 12.0. The van der Waals surface area contributed by atoms with Crippen LogP contribution in [0.25, 0.3) is 22.0 Å². The molecule has 0 amide bonds. The first-order chi connectivity index (χ1) is 12.9. The third-order valence-corrected chi connectivity index (χ3v) is 6.35. The maximum Gasteiger partial charge on any atom is 0.294 e. The van der Waals surface area contributed by atoms with Crippen molar-refractivity contribution in [2.45, 2.75) is 11.8 Å². The number of benzene rings is 2. The zero-order valence-electron chi connectivity index (χ0n) is 14.3. The van der Waals surface area contributed by atoms with Gasteiger partial charge >= 0.3 is 0 Å². The molecule has 136 valence electrons. The Morgan fingerprint density at radius 3 is 2.37 bits per heavy atom. The van der Waals surface area contributed by atoms with Crippen LogP contribution in [0, 0.1) is 17.0 Å². The first-order valence-corrected chi connectivity index (χ1v) is 9.59. The first-order valence-electron chi connectivity index (χ1n) is 8.15. The molecule has 1 N–H and O–H groups in total. The Morgan fingerprint density at radius 2 is 1.67 bits per heavy atom. The van der Waals surface area contributed by atoms with Crippen LogP contribution in [0.15, 0.2) is 71.9 Å². The molecule has 27 heavy (non-hydrogen) atoms. The molecule has 0 atom stereocenters. The highest BCUT2D eigenvalue weighted by molar-refractivity contribution is 7.90. The van der Waals surface area contributed by atoms with Gasteiger partial charge in [-0.2, -0.15) is 0 Å². The van der Waals surface area contributed by atoms with E-state index in [1.165, 1.54) is 28.5 Å². The summed E-state index contributed by atoms with van der Waals surface area (Å²) in [6.45, 7) is 1.66. The lowest BCUT2D eigenvalue weighted by Crippen LogP contribution is -2.14. The Morgan fingerprint density at radius 1 is 1.00 bits per heavy atom. The molecule has 0 radical (unpaired) electrons. The Labute approximate surface area is 155 Å². The molecular formula is C19H15N3O4S. The van der Waals surface area contributed by atoms with Gasteiger partial charge in [0.25, 0.3) is 15.7 Å². The molecule has 4 aromatic rings. The zero-order valence-corrected chi connectivity index (χ0v) is 15.1. The molecule has 0 fully saturated rings. The van der Waals surface area contributed by atoms with E-state index in [-0.39, 0.29) is 10.6 Å². The van der Waals surface area contributed by atoms with Gasteiger partial charge in [-0.25, -0.2) is 12.4 Å². The number of hydrogen-bond acceptors (Lipinski definition) is 4. The number of aromatic amines is 1. The highest BCUT2D eigenvalue weighted by atomic mass is 32.2. The van der Waals surface area contributed by atoms with Gasteiger partial charge in [-0.3, -0.25) is 10.1 Å². The molecule has 0 spiro atoms. The minimum Gasteiger partial charge on any atom is -0.361 e. The molecule has 2 heterocycles. The number of nitrogens with one attached hydrogen (secondary N) is 1. The summed E-state index contributed by atoms with van der Waals surface area (Å²) >= 11 is 0. The van der Waals surface area contributed by atoms with Crippen molar-refractivity contribution in [3.8, 4) is 11.1 Å². The zero-order chi connectivity index (χ0) is 19.2. The van der Waals surface area contributed by atoms with Gasteiger partial charge in [-0.05, 0) is 25.1 Å². The second kappa shape index (κ2) is 6.10. The summed E-state index contributed by atoms with van der Waals surface area (Å²) in [6.07, 6.45) is 2.82. The normalized spacial score (nSPS) is 11.7. The average molecular weight is 381 g/mol. The van der Waals surface area contributed by atoms with Crippen molar-refractivity contribution in [1.82, 2.24) is 8.96 Å². The van der Waals surface area contributed by atoms with Crippen molar-refractivity contribution >= 4 is 26.6 Å². The predicted molar refractivity (Wildman–Crippen MR) is 102 cm³/mol. The van der Waals surface area contributed by atoms with Crippen molar-refractivity contribution in [3.63, 3.8) is 0 Å². The van der Waals surface area contributed by atoms with Crippen LogP contribution in [-0.4, -0.2) is 22.3 Å². The van der Waals surface area contributed by atoms with E-state index in [2.05, 4.69) is 4.98 Å². The van der Waals surface area contributed by atoms with Crippen molar-refractivity contribution in [3.05, 3.63) is 82.8 Å². The average Bonchev–Trinajstić information content (AvgIpc) is 3.24. The van der Waals surface area contributed by atoms with E-state index < -0.39 is 14.9 Å². The van der Waals surface area contributed by atoms with Crippen molar-refractivity contribution in [2.24, 2.45) is 0 Å². The van der Waals surface area contributed by atoms with Gasteiger partial charge in [-0.1, -0.05) is 36.4 Å². The van der Waals surface area contributed by atoms with E-state index in [9.17, 15) is 18.5 Å². The number of hydrogen-bond donors (Lipinski definition) is 1. The van der Waals surface area contributed by atoms with E-state index in [0.717, 1.165) is 0 Å². The summed E-state index contributed by atoms with van der Waals surface area (Å²) in [5.74, 6) is 0. The van der Waals surface area contributed by atoms with Crippen molar-refractivity contribution < 1.29 is 13.3 Å². The highest BCUT2D eigenvalue weighted by Gasteiger charge is 2.28. The molecule has 0 aliphatic heterocycles. The monoisotopic (exact) mass is 381 g/mol. The lowest BCUT2D eigenvalue weighted by molar-refractivity contribution is -0.384. The number of rotatable bonds is 4. The Bertz CT molecular complexity index is 1270. The standard InChI is InChI=1S/C19H15N3O4S/c1-13-19(16-11-20-12-18(16)22(23)24)15-9-5-6-10-17(15)21(13)27(25,26)14-7-3-2-4-8-14/h2-12,20H,1H3. The molecule has 0 bridgehead atoms. The van der Waals surface area contributed by atoms with Crippen LogP contribution < -0.4 is 0 Å². The smallest absolute Gasteiger partial charge is 0.294 e. The second-order valence-electron chi connectivity index (χ2n) is 6.07. The van der Waals surface area contributed by atoms with E-state index in [1.807, 2.05) is 0 Å². The fourth-order valence-corrected chi connectivity index (χ4v) is 4.98. The van der Waals surface area contributed by atoms with Gasteiger partial charge in [0.15, 0.2) is 0 Å². The molecule has 0 saturated heterocycles. The third-order valence-electron chi connectivity index (χ3n) is 4.53. The fourth-order valence-electron chi connectivity index (χ4n) is 3.39. The van der Waals surface area contributed by atoms with E-state index in [0.29, 0.717) is 27.7 Å². The molecule has 8 heteroatoms. The third kappa shape index (κ3) is 2.53. The fraction of sp³-hybridized carbons (Fsp3) is 0.0526. The van der Waals surface area contributed by atoms with Crippen LogP contribution in [-0.2, 0) is 10.0 Å². The van der Waals surface area contributed by atoms with Gasteiger partial charge in [-0.15, -0.1) is 0 Å². The molecular weight excluding hydrogens is 366 g/mol. The van der Waals surface area contributed by atoms with Crippen molar-refractivity contribution in [1.29, 1.82) is 0 Å². The predicted octanol–water partition coefficient (Wildman–Crippen LogP) is 4.09. The summed E-state index contributed by atoms with van der Waals surface area (Å²) in [6, 6.07) is 15.1. The molecule has 4 rings (SSSR count). The number of nitro groups is 1. The number of aromatic nitrogens is 2. The maximum absolute atomic E-state index is 13.3. The Balaban J connectivity index is 2.10. The molecule has 2 aromatic heterocycles. The number of para-hydroxylation sites is 1. The van der Waals surface area contributed by atoms with Gasteiger partial charge in [0, 0.05) is 22.8 Å². The minimum atomic E-state index is -3.86. The van der Waals surface area contributed by atoms with E-state index >= 15 is 0 Å². The highest BCUT2D eigenvalue weighted by Crippen LogP contribution is 2.40. The van der Waals surface area contributed by atoms with Crippen LogP contribution in [0.2, 0.25) is 0 Å². The topological polar surface area (TPSA) is 98.0 Å². The van der Waals surface area contributed by atoms with Gasteiger partial charge in [0.05, 0.1) is 27.1 Å². The summed E-state index contributed by atoms with van der Waals surface area (Å²) in [5.41, 5.74) is 1.68. The van der Waals surface area contributed by atoms with E-state index in [4.69, 9.17) is 0 Å². The van der Waals surface area contributed by atoms with E-state index in [1.54, 1.807) is 49.4 Å². The first kappa shape index (κ1) is 17.0. The lowest BCUT2D eigenvalue weighted by atomic mass is 10.0. The number of nitrogens with zero attached hydrogens (tertiary/aromatic N) is 2. The summed E-state index contributed by atoms with van der Waals surface area (Å²) in [7, 11) is -3.86. The van der Waals surface area contributed by atoms with Gasteiger partial charge in [0.1, 0.15) is 0 Å². The summed E-state index contributed by atoms with van der Waals surface area (Å²) < 4.78 is 27.8. The molecule has 0 unspecified atom stereocenters. The number of fused-ring (bicyclic) bond motifs is 1. The van der Waals surface area contributed by atoms with Crippen LogP contribution in [0.5, 0.6) is 0 Å². The van der Waals surface area contributed by atoms with Gasteiger partial charge in [0.2, 0.25) is 0 Å². The van der Waals surface area contributed by atoms with Crippen LogP contribution in [0.4, 0.5) is 5.69 Å². The number of H-pyrrole nitrogens is 1. The van der Waals surface area contributed by atoms with Crippen molar-refractivity contribution in [2.75, 3.05) is 0 Å². The van der Waals surface area contributed by atoms with Crippen LogP contribution in [0.1, 0.15) is 5.69 Å². The Hall–Kier alpha value is -3.39. The largest absolute Gasteiger partial charge is 0.361 e. The van der Waals surface area contributed by atoms with Crippen LogP contribution in [0.3, 0.4) is 0 Å². The second-order valence-corrected chi connectivity index (χ2v) is 7.86. The molecule has 7 nitrogen and oxygen atoms in total. The molecule has 0 saturated carbocycles. The Kier molecular flexibility index (Phi) is 3.85. The minimum absolute atomic E-state index is 0.0990. The molecule has 2 aromatic carbocycles. The van der Waals surface area contributed by atoms with Crippen LogP contribution >= 0.6 is 0 Å². The lowest BCUT2D eigenvalue weighted by Gasteiger charge is -2.10. The quantitative estimate of drug-likeness (QED) is 0.425. The summed E-state index contributed by atoms with van der Waals surface area (Å²) in [4.78, 5) is 13.8. The molecule has 0 aliphatic carbocycles. The maximum atomic E-state index is 13.3. The van der Waals surface area contributed by atoms with Gasteiger partial charge < -0.3 is 4.98 Å². The SMILES string of the molecule is Cc1c(-c2c[nH]cc2[N+](=O)[O-])c2ccccc2n1S(=O)(=O)c1ccccc1.